The average Bonchev–Trinajstić information content (AvgIpc) is 3.08. The summed E-state index contributed by atoms with van der Waals surface area (Å²) < 4.78 is 2.00. The largest absolute Gasteiger partial charge is 0.297 e. The standard InChI is InChI=1S/C18H23N3/c1-20-16(7-11-19-20)14-21-12-9-18(10-13-21)8-6-15-4-2-3-5-17(15)18/h2-5,7,11H,6,8-10,12-14H2,1H3. The minimum atomic E-state index is 0.472. The van der Waals surface area contributed by atoms with Crippen molar-refractivity contribution in [3.05, 3.63) is 53.3 Å². The van der Waals surface area contributed by atoms with Crippen molar-refractivity contribution in [1.29, 1.82) is 0 Å². The summed E-state index contributed by atoms with van der Waals surface area (Å²) in [5.74, 6) is 0. The van der Waals surface area contributed by atoms with Gasteiger partial charge in [0.15, 0.2) is 0 Å². The number of hydrogen-bond acceptors (Lipinski definition) is 2. The van der Waals surface area contributed by atoms with Gasteiger partial charge >= 0.3 is 0 Å². The molecule has 21 heavy (non-hydrogen) atoms. The summed E-state index contributed by atoms with van der Waals surface area (Å²) in [5.41, 5.74) is 5.03. The fourth-order valence-electron chi connectivity index (χ4n) is 4.21. The molecular formula is C18H23N3. The van der Waals surface area contributed by atoms with Gasteiger partial charge in [-0.05, 0) is 61.4 Å². The molecule has 0 unspecified atom stereocenters. The summed E-state index contributed by atoms with van der Waals surface area (Å²) in [6.45, 7) is 3.45. The normalized spacial score (nSPS) is 20.8. The summed E-state index contributed by atoms with van der Waals surface area (Å²) in [4.78, 5) is 2.59. The van der Waals surface area contributed by atoms with Crippen LogP contribution in [-0.4, -0.2) is 27.8 Å². The molecule has 0 saturated carbocycles. The second-order valence-electron chi connectivity index (χ2n) is 6.66. The molecule has 0 amide bonds. The van der Waals surface area contributed by atoms with Gasteiger partial charge in [-0.2, -0.15) is 5.10 Å². The van der Waals surface area contributed by atoms with E-state index in [2.05, 4.69) is 40.3 Å². The lowest BCUT2D eigenvalue weighted by Crippen LogP contribution is -2.41. The maximum atomic E-state index is 4.27. The molecule has 3 nitrogen and oxygen atoms in total. The number of piperidine rings is 1. The van der Waals surface area contributed by atoms with Crippen molar-refractivity contribution in [1.82, 2.24) is 14.7 Å². The van der Waals surface area contributed by atoms with Gasteiger partial charge in [0, 0.05) is 19.8 Å². The summed E-state index contributed by atoms with van der Waals surface area (Å²) in [6.07, 6.45) is 7.14. The molecule has 1 fully saturated rings. The fraction of sp³-hybridized carbons (Fsp3) is 0.500. The third kappa shape index (κ3) is 2.20. The summed E-state index contributed by atoms with van der Waals surface area (Å²) in [7, 11) is 2.04. The van der Waals surface area contributed by atoms with Crippen molar-refractivity contribution in [3.63, 3.8) is 0 Å². The monoisotopic (exact) mass is 281 g/mol. The van der Waals surface area contributed by atoms with Crippen LogP contribution in [0.3, 0.4) is 0 Å². The molecular weight excluding hydrogens is 258 g/mol. The number of benzene rings is 1. The van der Waals surface area contributed by atoms with Crippen LogP contribution < -0.4 is 0 Å². The van der Waals surface area contributed by atoms with Crippen molar-refractivity contribution < 1.29 is 0 Å². The Hall–Kier alpha value is -1.61. The number of likely N-dealkylation sites (tertiary alicyclic amines) is 1. The highest BCUT2D eigenvalue weighted by Gasteiger charge is 2.40. The SMILES string of the molecule is Cn1nccc1CN1CCC2(CCc3ccccc32)CC1. The zero-order chi connectivity index (χ0) is 14.3. The highest BCUT2D eigenvalue weighted by Crippen LogP contribution is 2.46. The van der Waals surface area contributed by atoms with Gasteiger partial charge in [0.1, 0.15) is 0 Å². The summed E-state index contributed by atoms with van der Waals surface area (Å²) >= 11 is 0. The lowest BCUT2D eigenvalue weighted by atomic mass is 9.74. The van der Waals surface area contributed by atoms with Gasteiger partial charge in [0.2, 0.25) is 0 Å². The smallest absolute Gasteiger partial charge is 0.0521 e. The second kappa shape index (κ2) is 4.99. The van der Waals surface area contributed by atoms with E-state index in [1.807, 2.05) is 17.9 Å². The minimum absolute atomic E-state index is 0.472. The molecule has 1 saturated heterocycles. The maximum Gasteiger partial charge on any atom is 0.0521 e. The molecule has 0 atom stereocenters. The predicted molar refractivity (Wildman–Crippen MR) is 84.2 cm³/mol. The number of aromatic nitrogens is 2. The topological polar surface area (TPSA) is 21.1 Å². The predicted octanol–water partition coefficient (Wildman–Crippen LogP) is 2.90. The van der Waals surface area contributed by atoms with Crippen LogP contribution in [0.4, 0.5) is 0 Å². The van der Waals surface area contributed by atoms with Crippen molar-refractivity contribution in [2.24, 2.45) is 7.05 Å². The van der Waals surface area contributed by atoms with Crippen LogP contribution in [0.15, 0.2) is 36.5 Å². The van der Waals surface area contributed by atoms with E-state index in [1.165, 1.54) is 44.5 Å². The minimum Gasteiger partial charge on any atom is -0.297 e. The highest BCUT2D eigenvalue weighted by atomic mass is 15.3. The Labute approximate surface area is 126 Å². The molecule has 1 aromatic heterocycles. The van der Waals surface area contributed by atoms with E-state index in [0.717, 1.165) is 6.54 Å². The molecule has 2 heterocycles. The molecule has 1 aliphatic carbocycles. The van der Waals surface area contributed by atoms with Gasteiger partial charge in [0.25, 0.3) is 0 Å². The second-order valence-corrected chi connectivity index (χ2v) is 6.66. The Balaban J connectivity index is 1.47. The Bertz CT molecular complexity index is 635. The first-order chi connectivity index (χ1) is 10.3. The van der Waals surface area contributed by atoms with E-state index in [4.69, 9.17) is 0 Å². The first-order valence-corrected chi connectivity index (χ1v) is 8.04. The molecule has 1 aromatic carbocycles. The van der Waals surface area contributed by atoms with Gasteiger partial charge < -0.3 is 0 Å². The van der Waals surface area contributed by atoms with Crippen LogP contribution in [0.5, 0.6) is 0 Å². The molecule has 0 N–H and O–H groups in total. The van der Waals surface area contributed by atoms with Gasteiger partial charge in [-0.15, -0.1) is 0 Å². The van der Waals surface area contributed by atoms with Gasteiger partial charge in [-0.25, -0.2) is 0 Å². The Morgan fingerprint density at radius 3 is 2.67 bits per heavy atom. The van der Waals surface area contributed by atoms with E-state index in [1.54, 1.807) is 11.1 Å². The van der Waals surface area contributed by atoms with E-state index in [9.17, 15) is 0 Å². The fourth-order valence-corrected chi connectivity index (χ4v) is 4.21. The third-order valence-electron chi connectivity index (χ3n) is 5.58. The molecule has 1 aliphatic heterocycles. The lowest BCUT2D eigenvalue weighted by molar-refractivity contribution is 0.149. The number of aryl methyl sites for hydroxylation is 2. The molecule has 2 aliphatic rings. The zero-order valence-corrected chi connectivity index (χ0v) is 12.8. The quantitative estimate of drug-likeness (QED) is 0.844. The Kier molecular flexibility index (Phi) is 3.11. The van der Waals surface area contributed by atoms with Crippen molar-refractivity contribution in [3.8, 4) is 0 Å². The molecule has 3 heteroatoms. The summed E-state index contributed by atoms with van der Waals surface area (Å²) in [6, 6.07) is 11.2. The van der Waals surface area contributed by atoms with Crippen LogP contribution in [0.2, 0.25) is 0 Å². The van der Waals surface area contributed by atoms with Gasteiger partial charge in [-0.3, -0.25) is 9.58 Å². The highest BCUT2D eigenvalue weighted by molar-refractivity contribution is 5.39. The molecule has 0 radical (unpaired) electrons. The molecule has 0 bridgehead atoms. The van der Waals surface area contributed by atoms with E-state index >= 15 is 0 Å². The third-order valence-corrected chi connectivity index (χ3v) is 5.58. The van der Waals surface area contributed by atoms with E-state index in [0.29, 0.717) is 5.41 Å². The molecule has 4 rings (SSSR count). The lowest BCUT2D eigenvalue weighted by Gasteiger charge is -2.40. The van der Waals surface area contributed by atoms with Crippen LogP contribution >= 0.6 is 0 Å². The zero-order valence-electron chi connectivity index (χ0n) is 12.8. The number of rotatable bonds is 2. The molecule has 110 valence electrons. The van der Waals surface area contributed by atoms with Crippen molar-refractivity contribution >= 4 is 0 Å². The Morgan fingerprint density at radius 1 is 1.10 bits per heavy atom. The van der Waals surface area contributed by atoms with E-state index in [-0.39, 0.29) is 0 Å². The molecule has 1 spiro atoms. The van der Waals surface area contributed by atoms with Gasteiger partial charge in [0.05, 0.1) is 5.69 Å². The number of nitrogens with zero attached hydrogens (tertiary/aromatic N) is 3. The van der Waals surface area contributed by atoms with Crippen LogP contribution in [0.1, 0.15) is 36.1 Å². The van der Waals surface area contributed by atoms with Crippen LogP contribution in [0, 0.1) is 0 Å². The average molecular weight is 281 g/mol. The van der Waals surface area contributed by atoms with E-state index < -0.39 is 0 Å². The number of fused-ring (bicyclic) bond motifs is 2. The van der Waals surface area contributed by atoms with Crippen LogP contribution in [-0.2, 0) is 25.4 Å². The molecule has 2 aromatic rings. The maximum absolute atomic E-state index is 4.27. The first kappa shape index (κ1) is 13.1. The van der Waals surface area contributed by atoms with Crippen molar-refractivity contribution in [2.75, 3.05) is 13.1 Å². The van der Waals surface area contributed by atoms with Crippen LogP contribution in [0.25, 0.3) is 0 Å². The summed E-state index contributed by atoms with van der Waals surface area (Å²) in [5, 5.41) is 4.27. The first-order valence-electron chi connectivity index (χ1n) is 8.04. The van der Waals surface area contributed by atoms with Gasteiger partial charge in [-0.1, -0.05) is 24.3 Å². The Morgan fingerprint density at radius 2 is 1.90 bits per heavy atom. The number of hydrogen-bond donors (Lipinski definition) is 0. The van der Waals surface area contributed by atoms with Crippen molar-refractivity contribution in [2.45, 2.75) is 37.6 Å².